The van der Waals surface area contributed by atoms with Gasteiger partial charge in [0.15, 0.2) is 0 Å². The summed E-state index contributed by atoms with van der Waals surface area (Å²) in [7, 11) is -1.14. The minimum absolute atomic E-state index is 0.0304. The van der Waals surface area contributed by atoms with Gasteiger partial charge < -0.3 is 19.2 Å². The molecule has 4 aromatic rings. The second kappa shape index (κ2) is 14.6. The number of carbonyl (C=O) groups is 2. The van der Waals surface area contributed by atoms with Gasteiger partial charge in [0.1, 0.15) is 23.0 Å². The third kappa shape index (κ3) is 8.30. The normalized spacial score (nSPS) is 11.5. The van der Waals surface area contributed by atoms with Crippen molar-refractivity contribution in [3.8, 4) is 11.5 Å². The molecule has 230 valence electrons. The predicted octanol–water partition coefficient (Wildman–Crippen LogP) is 5.74. The maximum atomic E-state index is 13.6. The molecule has 0 bridgehead atoms. The van der Waals surface area contributed by atoms with Gasteiger partial charge >= 0.3 is 11.8 Å². The van der Waals surface area contributed by atoms with E-state index < -0.39 is 21.8 Å². The molecule has 0 unspecified atom stereocenters. The highest BCUT2D eigenvalue weighted by molar-refractivity contribution is 7.89. The van der Waals surface area contributed by atoms with Crippen molar-refractivity contribution in [2.45, 2.75) is 18.0 Å². The Morgan fingerprint density at radius 2 is 1.64 bits per heavy atom. The van der Waals surface area contributed by atoms with Crippen molar-refractivity contribution in [1.29, 1.82) is 0 Å². The summed E-state index contributed by atoms with van der Waals surface area (Å²) in [5, 5.41) is 7.19. The van der Waals surface area contributed by atoms with Gasteiger partial charge in [-0.3, -0.25) is 9.59 Å². The van der Waals surface area contributed by atoms with Crippen LogP contribution >= 0.6 is 34.8 Å². The van der Waals surface area contributed by atoms with Gasteiger partial charge in [-0.1, -0.05) is 40.9 Å². The SMILES string of the molecule is COc1ccc(OC)c(NC(=O)C(=O)N/N=C/c2ccc(CN(Cc3ccc(Cl)c(Cl)c3)S(=O)(=O)c3ccc(Cl)cc3)o2)c1. The second-order valence-corrected chi connectivity index (χ2v) is 12.2. The number of carbonyl (C=O) groups excluding carboxylic acids is 2. The molecule has 1 heterocycles. The smallest absolute Gasteiger partial charge is 0.329 e. The molecule has 3 aromatic carbocycles. The number of halogens is 3. The summed E-state index contributed by atoms with van der Waals surface area (Å²) in [6, 6.07) is 18.4. The summed E-state index contributed by atoms with van der Waals surface area (Å²) in [6.07, 6.45) is 1.16. The highest BCUT2D eigenvalue weighted by Crippen LogP contribution is 2.29. The number of amides is 2. The van der Waals surface area contributed by atoms with Crippen molar-refractivity contribution >= 4 is 68.5 Å². The molecule has 44 heavy (non-hydrogen) atoms. The van der Waals surface area contributed by atoms with E-state index in [1.165, 1.54) is 54.9 Å². The molecule has 0 saturated heterocycles. The number of hydrogen-bond acceptors (Lipinski definition) is 8. The molecule has 2 N–H and O–H groups in total. The first-order chi connectivity index (χ1) is 21.0. The maximum Gasteiger partial charge on any atom is 0.329 e. The van der Waals surface area contributed by atoms with Crippen molar-refractivity contribution in [2.24, 2.45) is 5.10 Å². The minimum Gasteiger partial charge on any atom is -0.497 e. The quantitative estimate of drug-likeness (QED) is 0.117. The first-order valence-corrected chi connectivity index (χ1v) is 15.2. The van der Waals surface area contributed by atoms with Crippen molar-refractivity contribution in [2.75, 3.05) is 19.5 Å². The van der Waals surface area contributed by atoms with Gasteiger partial charge in [-0.25, -0.2) is 13.8 Å². The van der Waals surface area contributed by atoms with Crippen LogP contribution in [0.15, 0.2) is 87.2 Å². The van der Waals surface area contributed by atoms with Crippen molar-refractivity contribution in [3.05, 3.63) is 105 Å². The van der Waals surface area contributed by atoms with Crippen LogP contribution in [0.3, 0.4) is 0 Å². The number of methoxy groups -OCH3 is 2. The minimum atomic E-state index is -4.01. The average molecular weight is 680 g/mol. The average Bonchev–Trinajstić information content (AvgIpc) is 3.45. The highest BCUT2D eigenvalue weighted by Gasteiger charge is 2.26. The maximum absolute atomic E-state index is 13.6. The zero-order valence-electron chi connectivity index (χ0n) is 23.2. The Bertz CT molecular complexity index is 1790. The van der Waals surface area contributed by atoms with Gasteiger partial charge in [-0.2, -0.15) is 9.41 Å². The van der Waals surface area contributed by atoms with Crippen LogP contribution in [0.5, 0.6) is 11.5 Å². The molecule has 4 rings (SSSR count). The van der Waals surface area contributed by atoms with E-state index >= 15 is 0 Å². The van der Waals surface area contributed by atoms with Crippen LogP contribution in [-0.2, 0) is 32.7 Å². The molecule has 0 atom stereocenters. The summed E-state index contributed by atoms with van der Waals surface area (Å²) >= 11 is 18.1. The van der Waals surface area contributed by atoms with Crippen molar-refractivity contribution in [3.63, 3.8) is 0 Å². The van der Waals surface area contributed by atoms with Gasteiger partial charge in [0.2, 0.25) is 10.0 Å². The van der Waals surface area contributed by atoms with E-state index in [1.54, 1.807) is 36.4 Å². The molecule has 0 aliphatic rings. The standard InChI is InChI=1S/C29H25Cl3N4O7S/c1-41-20-8-12-27(42-2)26(14-20)34-28(37)29(38)35-33-15-21-6-7-22(43-21)17-36(16-18-3-11-24(31)25(32)13-18)44(39,40)23-9-4-19(30)5-10-23/h3-15H,16-17H2,1-2H3,(H,34,37)(H,35,38)/b33-15+. The van der Waals surface area contributed by atoms with Crippen LogP contribution in [-0.4, -0.2) is 45.0 Å². The van der Waals surface area contributed by atoms with E-state index in [0.29, 0.717) is 27.1 Å². The number of sulfonamides is 1. The molecule has 0 fully saturated rings. The predicted molar refractivity (Wildman–Crippen MR) is 167 cm³/mol. The summed E-state index contributed by atoms with van der Waals surface area (Å²) in [6.45, 7) is -0.203. The topological polar surface area (TPSA) is 140 Å². The van der Waals surface area contributed by atoms with Gasteiger partial charge in [0.05, 0.1) is 47.6 Å². The molecule has 0 aliphatic heterocycles. The summed E-state index contributed by atoms with van der Waals surface area (Å²) in [5.41, 5.74) is 2.93. The molecule has 0 aliphatic carbocycles. The second-order valence-electron chi connectivity index (χ2n) is 9.00. The van der Waals surface area contributed by atoms with E-state index in [4.69, 9.17) is 48.7 Å². The molecular formula is C29H25Cl3N4O7S. The number of hydrogen-bond donors (Lipinski definition) is 2. The van der Waals surface area contributed by atoms with Gasteiger partial charge in [-0.05, 0) is 66.2 Å². The van der Waals surface area contributed by atoms with Crippen molar-refractivity contribution < 1.29 is 31.9 Å². The number of rotatable bonds is 11. The number of nitrogens with one attached hydrogen (secondary N) is 2. The van der Waals surface area contributed by atoms with E-state index in [1.807, 2.05) is 0 Å². The first-order valence-electron chi connectivity index (χ1n) is 12.6. The molecule has 0 saturated carbocycles. The van der Waals surface area contributed by atoms with Crippen LogP contribution in [0, 0.1) is 0 Å². The van der Waals surface area contributed by atoms with Crippen LogP contribution < -0.4 is 20.2 Å². The Balaban J connectivity index is 1.46. The molecule has 0 spiro atoms. The van der Waals surface area contributed by atoms with E-state index in [9.17, 15) is 18.0 Å². The lowest BCUT2D eigenvalue weighted by Crippen LogP contribution is -2.32. The van der Waals surface area contributed by atoms with E-state index in [0.717, 1.165) is 6.21 Å². The molecule has 1 aromatic heterocycles. The van der Waals surface area contributed by atoms with Crippen LogP contribution in [0.1, 0.15) is 17.1 Å². The molecule has 2 amide bonds. The number of ether oxygens (including phenoxy) is 2. The summed E-state index contributed by atoms with van der Waals surface area (Å²) in [5.74, 6) is -0.819. The third-order valence-electron chi connectivity index (χ3n) is 6.03. The highest BCUT2D eigenvalue weighted by atomic mass is 35.5. The molecule has 11 nitrogen and oxygen atoms in total. The molecule has 15 heteroatoms. The lowest BCUT2D eigenvalue weighted by atomic mass is 10.2. The number of nitrogens with zero attached hydrogens (tertiary/aromatic N) is 2. The number of benzene rings is 3. The fraction of sp³-hybridized carbons (Fsp3) is 0.138. The zero-order chi connectivity index (χ0) is 31.9. The Morgan fingerprint density at radius 1 is 0.886 bits per heavy atom. The zero-order valence-corrected chi connectivity index (χ0v) is 26.3. The van der Waals surface area contributed by atoms with Gasteiger partial charge in [0.25, 0.3) is 0 Å². The summed E-state index contributed by atoms with van der Waals surface area (Å²) < 4.78 is 44.4. The lowest BCUT2D eigenvalue weighted by Gasteiger charge is -2.22. The Hall–Kier alpha value is -4.07. The lowest BCUT2D eigenvalue weighted by molar-refractivity contribution is -0.136. The third-order valence-corrected chi connectivity index (χ3v) is 8.82. The Labute approximate surface area is 268 Å². The van der Waals surface area contributed by atoms with E-state index in [-0.39, 0.29) is 40.2 Å². The van der Waals surface area contributed by atoms with Gasteiger partial charge in [-0.15, -0.1) is 0 Å². The van der Waals surface area contributed by atoms with Crippen molar-refractivity contribution in [1.82, 2.24) is 9.73 Å². The van der Waals surface area contributed by atoms with Crippen LogP contribution in [0.25, 0.3) is 0 Å². The first kappa shape index (κ1) is 32.8. The molecule has 0 radical (unpaired) electrons. The van der Waals surface area contributed by atoms with Crippen LogP contribution in [0.4, 0.5) is 5.69 Å². The van der Waals surface area contributed by atoms with Crippen LogP contribution in [0.2, 0.25) is 15.1 Å². The monoisotopic (exact) mass is 678 g/mol. The Morgan fingerprint density at radius 3 is 2.32 bits per heavy atom. The fourth-order valence-corrected chi connectivity index (χ4v) is 5.68. The number of furan rings is 1. The number of anilines is 1. The van der Waals surface area contributed by atoms with Gasteiger partial charge in [0, 0.05) is 17.6 Å². The van der Waals surface area contributed by atoms with E-state index in [2.05, 4.69) is 15.8 Å². The largest absolute Gasteiger partial charge is 0.497 e. The number of hydrazone groups is 1. The Kier molecular flexibility index (Phi) is 10.9. The molecular weight excluding hydrogens is 655 g/mol. The summed E-state index contributed by atoms with van der Waals surface area (Å²) in [4.78, 5) is 24.7. The fourth-order valence-electron chi connectivity index (χ4n) is 3.84.